The lowest BCUT2D eigenvalue weighted by Crippen LogP contribution is -2.15. The lowest BCUT2D eigenvalue weighted by atomic mass is 10.6. The van der Waals surface area contributed by atoms with Crippen LogP contribution in [-0.4, -0.2) is 26.0 Å². The van der Waals surface area contributed by atoms with Gasteiger partial charge in [-0.15, -0.1) is 0 Å². The van der Waals surface area contributed by atoms with E-state index in [1.807, 2.05) is 20.8 Å². The van der Waals surface area contributed by atoms with Crippen LogP contribution in [0.2, 0.25) is 0 Å². The molecule has 5 heteroatoms. The van der Waals surface area contributed by atoms with Crippen LogP contribution < -0.4 is 0 Å². The fourth-order valence-electron chi connectivity index (χ4n) is 1.12. The van der Waals surface area contributed by atoms with Crippen LogP contribution in [0.25, 0.3) is 0 Å². The fourth-order valence-corrected chi connectivity index (χ4v) is 2.92. The Labute approximate surface area is 85.0 Å². The predicted octanol–water partition coefficient (Wildman–Crippen LogP) is 1.73. The van der Waals surface area contributed by atoms with Gasteiger partial charge in [0.05, 0.1) is 14.6 Å². The highest BCUT2D eigenvalue weighted by molar-refractivity contribution is 7.94. The molecule has 1 aromatic heterocycles. The second-order valence-corrected chi connectivity index (χ2v) is 5.95. The molecule has 78 valence electrons. The van der Waals surface area contributed by atoms with E-state index in [2.05, 4.69) is 14.3 Å². The van der Waals surface area contributed by atoms with Gasteiger partial charge in [-0.3, -0.25) is 0 Å². The van der Waals surface area contributed by atoms with Gasteiger partial charge < -0.3 is 0 Å². The Morgan fingerprint density at radius 1 is 1.43 bits per heavy atom. The maximum atomic E-state index is 12.4. The second kappa shape index (κ2) is 4.50. The summed E-state index contributed by atoms with van der Waals surface area (Å²) in [5.41, 5.74) is 0. The van der Waals surface area contributed by atoms with E-state index in [0.717, 1.165) is 0 Å². The third-order valence-electron chi connectivity index (χ3n) is 1.83. The van der Waals surface area contributed by atoms with Crippen LogP contribution >= 0.6 is 0 Å². The zero-order valence-electron chi connectivity index (χ0n) is 8.67. The van der Waals surface area contributed by atoms with E-state index in [4.69, 9.17) is 0 Å². The molecule has 14 heavy (non-hydrogen) atoms. The van der Waals surface area contributed by atoms with E-state index in [1.165, 1.54) is 6.33 Å². The zero-order valence-corrected chi connectivity index (χ0v) is 9.49. The third-order valence-corrected chi connectivity index (χ3v) is 4.64. The van der Waals surface area contributed by atoms with Gasteiger partial charge in [0.2, 0.25) is 0 Å². The molecule has 0 aliphatic rings. The Kier molecular flexibility index (Phi) is 3.57. The van der Waals surface area contributed by atoms with Gasteiger partial charge in [-0.05, 0) is 20.8 Å². The summed E-state index contributed by atoms with van der Waals surface area (Å²) in [6.07, 6.45) is 4.58. The molecule has 1 unspecified atom stereocenters. The average molecular weight is 213 g/mol. The van der Waals surface area contributed by atoms with Crippen molar-refractivity contribution in [2.45, 2.75) is 30.9 Å². The lowest BCUT2D eigenvalue weighted by molar-refractivity contribution is 0.666. The number of rotatable bonds is 3. The monoisotopic (exact) mass is 213 g/mol. The highest BCUT2D eigenvalue weighted by Crippen LogP contribution is 2.16. The predicted molar refractivity (Wildman–Crippen MR) is 56.5 cm³/mol. The van der Waals surface area contributed by atoms with Crippen molar-refractivity contribution in [3.05, 3.63) is 18.7 Å². The second-order valence-electron chi connectivity index (χ2n) is 3.14. The summed E-state index contributed by atoms with van der Waals surface area (Å²) in [6.45, 7) is 6.22. The Hall–Kier alpha value is -0.970. The molecular weight excluding hydrogens is 198 g/mol. The first-order valence-electron chi connectivity index (χ1n) is 4.58. The summed E-state index contributed by atoms with van der Waals surface area (Å²) in [5, 5.41) is -0.0200. The molecule has 0 amide bonds. The minimum absolute atomic E-state index is 0.0200. The van der Waals surface area contributed by atoms with Crippen molar-refractivity contribution in [3.8, 4) is 0 Å². The molecule has 1 atom stereocenters. The standard InChI is InChI=1S/C9H15N3OS/c1-4-12-14(13,8(2)3)9-5-10-7-11-6-9/h5-8H,4H2,1-3H3. The largest absolute Gasteiger partial charge is 0.244 e. The van der Waals surface area contributed by atoms with Crippen molar-refractivity contribution < 1.29 is 4.21 Å². The first kappa shape index (κ1) is 11.1. The topological polar surface area (TPSA) is 55.2 Å². The molecular formula is C9H15N3OS. The molecule has 0 fully saturated rings. The van der Waals surface area contributed by atoms with Crippen LogP contribution in [0.1, 0.15) is 20.8 Å². The Morgan fingerprint density at radius 2 is 2.00 bits per heavy atom. The molecule has 1 aromatic rings. The van der Waals surface area contributed by atoms with Crippen LogP contribution in [0.15, 0.2) is 28.0 Å². The molecule has 0 N–H and O–H groups in total. The van der Waals surface area contributed by atoms with Crippen molar-refractivity contribution >= 4 is 9.73 Å². The van der Waals surface area contributed by atoms with Crippen LogP contribution in [0, 0.1) is 0 Å². The molecule has 0 saturated heterocycles. The summed E-state index contributed by atoms with van der Waals surface area (Å²) in [6, 6.07) is 0. The number of hydrogen-bond acceptors (Lipinski definition) is 4. The van der Waals surface area contributed by atoms with Crippen molar-refractivity contribution in [2.75, 3.05) is 6.54 Å². The van der Waals surface area contributed by atoms with Gasteiger partial charge in [0, 0.05) is 24.2 Å². The maximum Gasteiger partial charge on any atom is 0.115 e. The van der Waals surface area contributed by atoms with Gasteiger partial charge in [0.25, 0.3) is 0 Å². The Bertz CT molecular complexity index is 394. The van der Waals surface area contributed by atoms with E-state index in [9.17, 15) is 4.21 Å². The molecule has 0 aliphatic heterocycles. The minimum Gasteiger partial charge on any atom is -0.244 e. The first-order chi connectivity index (χ1) is 6.61. The van der Waals surface area contributed by atoms with Gasteiger partial charge in [-0.25, -0.2) is 18.5 Å². The highest BCUT2D eigenvalue weighted by atomic mass is 32.2. The molecule has 0 spiro atoms. The fraction of sp³-hybridized carbons (Fsp3) is 0.556. The van der Waals surface area contributed by atoms with Gasteiger partial charge >= 0.3 is 0 Å². The van der Waals surface area contributed by atoms with Crippen molar-refractivity contribution in [1.82, 2.24) is 9.97 Å². The SMILES string of the molecule is CCN=S(=O)(c1cncnc1)C(C)C. The van der Waals surface area contributed by atoms with Crippen LogP contribution in [0.3, 0.4) is 0 Å². The zero-order chi connectivity index (χ0) is 10.6. The van der Waals surface area contributed by atoms with Crippen LogP contribution in [0.5, 0.6) is 0 Å². The first-order valence-corrected chi connectivity index (χ1v) is 6.16. The molecule has 0 aliphatic carbocycles. The van der Waals surface area contributed by atoms with Gasteiger partial charge in [0.1, 0.15) is 6.33 Å². The molecule has 0 aromatic carbocycles. The van der Waals surface area contributed by atoms with E-state index < -0.39 is 9.73 Å². The van der Waals surface area contributed by atoms with Crippen molar-refractivity contribution in [1.29, 1.82) is 0 Å². The smallest absolute Gasteiger partial charge is 0.115 e. The van der Waals surface area contributed by atoms with Crippen LogP contribution in [-0.2, 0) is 9.73 Å². The summed E-state index contributed by atoms with van der Waals surface area (Å²) in [5.74, 6) is 0. The number of hydrogen-bond donors (Lipinski definition) is 0. The Balaban J connectivity index is 3.29. The van der Waals surface area contributed by atoms with Crippen LogP contribution in [0.4, 0.5) is 0 Å². The minimum atomic E-state index is -2.33. The Morgan fingerprint density at radius 3 is 2.43 bits per heavy atom. The van der Waals surface area contributed by atoms with Gasteiger partial charge in [-0.1, -0.05) is 0 Å². The molecule has 0 radical (unpaired) electrons. The molecule has 1 heterocycles. The van der Waals surface area contributed by atoms with E-state index >= 15 is 0 Å². The highest BCUT2D eigenvalue weighted by Gasteiger charge is 2.17. The van der Waals surface area contributed by atoms with Gasteiger partial charge in [0.15, 0.2) is 0 Å². The summed E-state index contributed by atoms with van der Waals surface area (Å²) in [7, 11) is -2.33. The molecule has 1 rings (SSSR count). The number of aromatic nitrogens is 2. The normalized spacial score (nSPS) is 15.1. The molecule has 4 nitrogen and oxygen atoms in total. The van der Waals surface area contributed by atoms with Crippen molar-refractivity contribution in [3.63, 3.8) is 0 Å². The summed E-state index contributed by atoms with van der Waals surface area (Å²) >= 11 is 0. The summed E-state index contributed by atoms with van der Waals surface area (Å²) < 4.78 is 16.6. The number of nitrogens with zero attached hydrogens (tertiary/aromatic N) is 3. The van der Waals surface area contributed by atoms with E-state index in [1.54, 1.807) is 12.4 Å². The van der Waals surface area contributed by atoms with Gasteiger partial charge in [-0.2, -0.15) is 0 Å². The molecule has 0 bridgehead atoms. The average Bonchev–Trinajstić information content (AvgIpc) is 2.19. The maximum absolute atomic E-state index is 12.4. The quantitative estimate of drug-likeness (QED) is 0.768. The van der Waals surface area contributed by atoms with E-state index in [0.29, 0.717) is 11.4 Å². The van der Waals surface area contributed by atoms with E-state index in [-0.39, 0.29) is 5.25 Å². The lowest BCUT2D eigenvalue weighted by Gasteiger charge is -2.12. The summed E-state index contributed by atoms with van der Waals surface area (Å²) in [4.78, 5) is 8.35. The molecule has 0 saturated carbocycles. The third kappa shape index (κ3) is 2.09. The van der Waals surface area contributed by atoms with Crippen molar-refractivity contribution in [2.24, 2.45) is 4.36 Å².